The molecule has 2 rings (SSSR count). The van der Waals surface area contributed by atoms with E-state index in [1.54, 1.807) is 0 Å². The molecule has 3 nitrogen and oxygen atoms in total. The molecule has 2 aliphatic rings. The molecule has 3 heteroatoms. The number of piperazine rings is 1. The van der Waals surface area contributed by atoms with Gasteiger partial charge in [-0.1, -0.05) is 13.8 Å². The molecular weight excluding hydrogens is 222 g/mol. The molecule has 2 saturated heterocycles. The van der Waals surface area contributed by atoms with Gasteiger partial charge in [0.25, 0.3) is 0 Å². The van der Waals surface area contributed by atoms with Crippen LogP contribution in [0.25, 0.3) is 0 Å². The van der Waals surface area contributed by atoms with E-state index < -0.39 is 0 Å². The van der Waals surface area contributed by atoms with Crippen LogP contribution in [0.3, 0.4) is 0 Å². The number of likely N-dealkylation sites (N-methyl/N-ethyl adjacent to an activating group) is 1. The van der Waals surface area contributed by atoms with Crippen LogP contribution in [0, 0.1) is 11.3 Å². The molecule has 2 aliphatic heterocycles. The van der Waals surface area contributed by atoms with Crippen LogP contribution in [0.5, 0.6) is 0 Å². The lowest BCUT2D eigenvalue weighted by molar-refractivity contribution is -0.937. The fourth-order valence-electron chi connectivity index (χ4n) is 3.62. The van der Waals surface area contributed by atoms with Crippen LogP contribution in [0.4, 0.5) is 0 Å². The van der Waals surface area contributed by atoms with Crippen LogP contribution in [0.1, 0.15) is 47.0 Å². The Morgan fingerprint density at radius 2 is 1.72 bits per heavy atom. The van der Waals surface area contributed by atoms with E-state index in [1.165, 1.54) is 30.4 Å². The van der Waals surface area contributed by atoms with E-state index in [2.05, 4.69) is 39.6 Å². The predicted octanol–water partition coefficient (Wildman–Crippen LogP) is 2.71. The molecule has 0 spiro atoms. The summed E-state index contributed by atoms with van der Waals surface area (Å²) in [5.41, 5.74) is 0. The number of amidine groups is 1. The van der Waals surface area contributed by atoms with Gasteiger partial charge in [0.15, 0.2) is 0 Å². The summed E-state index contributed by atoms with van der Waals surface area (Å²) in [6.07, 6.45) is 3.68. The summed E-state index contributed by atoms with van der Waals surface area (Å²) in [6.45, 7) is 11.5. The molecule has 2 heterocycles. The minimum atomic E-state index is 0.420. The molecule has 18 heavy (non-hydrogen) atoms. The quantitative estimate of drug-likeness (QED) is 0.467. The second-order valence-electron chi connectivity index (χ2n) is 6.93. The number of hydrogen-bond acceptors (Lipinski definition) is 1. The van der Waals surface area contributed by atoms with Crippen molar-refractivity contribution in [2.45, 2.75) is 65.1 Å². The molecule has 0 aromatic heterocycles. The lowest BCUT2D eigenvalue weighted by Gasteiger charge is -2.50. The number of fused-ring (bicyclic) bond motifs is 2. The van der Waals surface area contributed by atoms with Crippen molar-refractivity contribution in [3.05, 3.63) is 0 Å². The van der Waals surface area contributed by atoms with E-state index in [0.717, 1.165) is 12.3 Å². The predicted molar refractivity (Wildman–Crippen MR) is 76.9 cm³/mol. The van der Waals surface area contributed by atoms with Crippen LogP contribution >= 0.6 is 0 Å². The standard InChI is InChI=1S/C15H30N3/c1-6-12(4)15(16)17-13-7-8-14(17)10-18(5,9-13)11(2)3/h11-14,16H,6-10H2,1-5H3/q+1. The van der Waals surface area contributed by atoms with Gasteiger partial charge in [0.05, 0.1) is 44.1 Å². The highest BCUT2D eigenvalue weighted by molar-refractivity contribution is 5.82. The number of rotatable bonds is 3. The smallest absolute Gasteiger partial charge is 0.0995 e. The Morgan fingerprint density at radius 3 is 2.11 bits per heavy atom. The molecule has 2 bridgehead atoms. The molecule has 0 aromatic carbocycles. The molecule has 104 valence electrons. The summed E-state index contributed by atoms with van der Waals surface area (Å²) in [7, 11) is 2.40. The Hall–Kier alpha value is -0.570. The molecule has 0 saturated carbocycles. The minimum Gasteiger partial charge on any atom is -0.343 e. The third kappa shape index (κ3) is 2.18. The van der Waals surface area contributed by atoms with Crippen LogP contribution in [0.2, 0.25) is 0 Å². The second kappa shape index (κ2) is 4.84. The fourth-order valence-corrected chi connectivity index (χ4v) is 3.62. The van der Waals surface area contributed by atoms with Gasteiger partial charge in [0.1, 0.15) is 0 Å². The largest absolute Gasteiger partial charge is 0.343 e. The third-order valence-electron chi connectivity index (χ3n) is 5.48. The van der Waals surface area contributed by atoms with Crippen molar-refractivity contribution in [1.29, 1.82) is 5.41 Å². The normalized spacial score (nSPS) is 37.1. The first-order valence-electron chi connectivity index (χ1n) is 7.60. The number of hydrogen-bond donors (Lipinski definition) is 1. The van der Waals surface area contributed by atoms with Crippen molar-refractivity contribution in [3.63, 3.8) is 0 Å². The van der Waals surface area contributed by atoms with E-state index >= 15 is 0 Å². The Balaban J connectivity index is 2.13. The second-order valence-corrected chi connectivity index (χ2v) is 6.93. The molecule has 1 N–H and O–H groups in total. The molecule has 0 amide bonds. The van der Waals surface area contributed by atoms with Crippen molar-refractivity contribution in [1.82, 2.24) is 4.90 Å². The average Bonchev–Trinajstić information content (AvgIpc) is 2.60. The molecule has 2 fully saturated rings. The van der Waals surface area contributed by atoms with Gasteiger partial charge in [0.2, 0.25) is 0 Å². The lowest BCUT2D eigenvalue weighted by Crippen LogP contribution is -2.66. The minimum absolute atomic E-state index is 0.420. The van der Waals surface area contributed by atoms with Gasteiger partial charge in [-0.3, -0.25) is 5.41 Å². The van der Waals surface area contributed by atoms with Crippen molar-refractivity contribution in [2.24, 2.45) is 5.92 Å². The van der Waals surface area contributed by atoms with Crippen LogP contribution in [-0.2, 0) is 0 Å². The van der Waals surface area contributed by atoms with Crippen LogP contribution < -0.4 is 0 Å². The van der Waals surface area contributed by atoms with E-state index in [1.807, 2.05) is 0 Å². The molecule has 3 atom stereocenters. The van der Waals surface area contributed by atoms with Gasteiger partial charge in [-0.15, -0.1) is 0 Å². The summed E-state index contributed by atoms with van der Waals surface area (Å²) >= 11 is 0. The third-order valence-corrected chi connectivity index (χ3v) is 5.48. The summed E-state index contributed by atoms with van der Waals surface area (Å²) in [5.74, 6) is 1.32. The van der Waals surface area contributed by atoms with Gasteiger partial charge >= 0.3 is 0 Å². The highest BCUT2D eigenvalue weighted by atomic mass is 15.4. The number of nitrogens with zero attached hydrogens (tertiary/aromatic N) is 2. The van der Waals surface area contributed by atoms with Gasteiger partial charge in [0, 0.05) is 5.92 Å². The maximum atomic E-state index is 8.45. The van der Waals surface area contributed by atoms with Crippen LogP contribution in [0.15, 0.2) is 0 Å². The van der Waals surface area contributed by atoms with Gasteiger partial charge in [-0.2, -0.15) is 0 Å². The van der Waals surface area contributed by atoms with E-state index in [9.17, 15) is 0 Å². The number of likely N-dealkylation sites (tertiary alicyclic amines) is 1. The Morgan fingerprint density at radius 1 is 1.22 bits per heavy atom. The molecule has 0 aliphatic carbocycles. The lowest BCUT2D eigenvalue weighted by atomic mass is 10.0. The van der Waals surface area contributed by atoms with Crippen molar-refractivity contribution < 1.29 is 4.48 Å². The van der Waals surface area contributed by atoms with Gasteiger partial charge in [-0.05, 0) is 33.1 Å². The average molecular weight is 252 g/mol. The van der Waals surface area contributed by atoms with Gasteiger partial charge < -0.3 is 9.38 Å². The zero-order valence-electron chi connectivity index (χ0n) is 12.7. The maximum absolute atomic E-state index is 8.45. The zero-order chi connectivity index (χ0) is 13.5. The van der Waals surface area contributed by atoms with E-state index in [-0.39, 0.29) is 0 Å². The van der Waals surface area contributed by atoms with Crippen molar-refractivity contribution in [3.8, 4) is 0 Å². The molecule has 0 aromatic rings. The van der Waals surface area contributed by atoms with Crippen molar-refractivity contribution in [2.75, 3.05) is 20.1 Å². The monoisotopic (exact) mass is 252 g/mol. The summed E-state index contributed by atoms with van der Waals surface area (Å²) in [6, 6.07) is 1.95. The highest BCUT2D eigenvalue weighted by Crippen LogP contribution is 2.35. The number of nitrogens with one attached hydrogen (secondary N) is 1. The molecule has 0 radical (unpaired) electrons. The Labute approximate surface area is 112 Å². The van der Waals surface area contributed by atoms with Gasteiger partial charge in [-0.25, -0.2) is 0 Å². The fraction of sp³-hybridized carbons (Fsp3) is 0.933. The van der Waals surface area contributed by atoms with E-state index in [0.29, 0.717) is 24.0 Å². The summed E-state index contributed by atoms with van der Waals surface area (Å²) < 4.78 is 1.19. The maximum Gasteiger partial charge on any atom is 0.0995 e. The zero-order valence-corrected chi connectivity index (χ0v) is 12.7. The van der Waals surface area contributed by atoms with E-state index in [4.69, 9.17) is 5.41 Å². The molecule has 3 unspecified atom stereocenters. The topological polar surface area (TPSA) is 27.1 Å². The summed E-state index contributed by atoms with van der Waals surface area (Å²) in [4.78, 5) is 2.47. The molecular formula is C15H30N3+. The first-order chi connectivity index (χ1) is 8.39. The first kappa shape index (κ1) is 13.9. The number of quaternary nitrogens is 1. The summed E-state index contributed by atoms with van der Waals surface area (Å²) in [5, 5.41) is 8.45. The Kier molecular flexibility index (Phi) is 3.72. The first-order valence-corrected chi connectivity index (χ1v) is 7.60. The Bertz CT molecular complexity index is 310. The SMILES string of the molecule is CCC(C)C(=N)N1C2CCC1C[N+](C)(C(C)C)C2. The van der Waals surface area contributed by atoms with Crippen LogP contribution in [-0.4, -0.2) is 53.5 Å². The van der Waals surface area contributed by atoms with Crippen molar-refractivity contribution >= 4 is 5.84 Å². The highest BCUT2D eigenvalue weighted by Gasteiger charge is 2.48.